The highest BCUT2D eigenvalue weighted by atomic mass is 35.5. The van der Waals surface area contributed by atoms with Crippen LogP contribution in [0.5, 0.6) is 0 Å². The van der Waals surface area contributed by atoms with Gasteiger partial charge in [-0.05, 0) is 35.7 Å². The first-order valence-corrected chi connectivity index (χ1v) is 10.3. The molecule has 1 amide bonds. The number of amides is 1. The summed E-state index contributed by atoms with van der Waals surface area (Å²) in [6.07, 6.45) is 0.693. The second-order valence-electron chi connectivity index (χ2n) is 7.60. The van der Waals surface area contributed by atoms with E-state index in [0.717, 1.165) is 16.8 Å². The van der Waals surface area contributed by atoms with Crippen LogP contribution < -0.4 is 0 Å². The van der Waals surface area contributed by atoms with E-state index in [9.17, 15) is 9.18 Å². The van der Waals surface area contributed by atoms with E-state index in [-0.39, 0.29) is 23.7 Å². The van der Waals surface area contributed by atoms with Gasteiger partial charge in [-0.2, -0.15) is 0 Å². The monoisotopic (exact) mass is 436 g/mol. The molecule has 0 saturated carbocycles. The van der Waals surface area contributed by atoms with Crippen LogP contribution in [0.4, 0.5) is 4.39 Å². The number of rotatable bonds is 7. The smallest absolute Gasteiger partial charge is 0.223 e. The zero-order valence-corrected chi connectivity index (χ0v) is 17.9. The fourth-order valence-corrected chi connectivity index (χ4v) is 3.50. The Morgan fingerprint density at radius 2 is 2.03 bits per heavy atom. The van der Waals surface area contributed by atoms with E-state index in [2.05, 4.69) is 5.16 Å². The van der Waals surface area contributed by atoms with Gasteiger partial charge in [-0.15, -0.1) is 0 Å². The summed E-state index contributed by atoms with van der Waals surface area (Å²) >= 11 is 12.1. The molecule has 0 spiro atoms. The molecule has 0 aromatic heterocycles. The average Bonchev–Trinajstić information content (AvgIpc) is 3.11. The molecule has 1 heterocycles. The maximum absolute atomic E-state index is 13.6. The van der Waals surface area contributed by atoms with Crippen LogP contribution in [0.1, 0.15) is 37.8 Å². The number of benzene rings is 2. The third-order valence-corrected chi connectivity index (χ3v) is 5.35. The Kier molecular flexibility index (Phi) is 7.14. The van der Waals surface area contributed by atoms with E-state index < -0.39 is 0 Å². The number of nitrogens with zero attached hydrogens (tertiary/aromatic N) is 2. The van der Waals surface area contributed by atoms with Crippen LogP contribution in [0.2, 0.25) is 10.0 Å². The van der Waals surface area contributed by atoms with Gasteiger partial charge in [0, 0.05) is 24.9 Å². The molecule has 0 fully saturated rings. The Bertz CT molecular complexity index is 917. The SMILES string of the molecule is CC(C)CC(=O)N(Cc1cccc(F)c1)C[C@@H]1CC(c2ccc(Cl)c(Cl)c2)=NO1. The maximum atomic E-state index is 13.6. The van der Waals surface area contributed by atoms with Gasteiger partial charge in [0.25, 0.3) is 0 Å². The van der Waals surface area contributed by atoms with Gasteiger partial charge in [-0.1, -0.05) is 60.4 Å². The average molecular weight is 437 g/mol. The van der Waals surface area contributed by atoms with Crippen molar-refractivity contribution in [3.63, 3.8) is 0 Å². The van der Waals surface area contributed by atoms with Gasteiger partial charge in [0.2, 0.25) is 5.91 Å². The molecule has 7 heteroatoms. The molecule has 2 aromatic rings. The largest absolute Gasteiger partial charge is 0.390 e. The summed E-state index contributed by atoms with van der Waals surface area (Å²) < 4.78 is 13.6. The van der Waals surface area contributed by atoms with E-state index in [4.69, 9.17) is 28.0 Å². The fraction of sp³-hybridized carbons (Fsp3) is 0.364. The molecule has 4 nitrogen and oxygen atoms in total. The highest BCUT2D eigenvalue weighted by Gasteiger charge is 2.27. The first-order chi connectivity index (χ1) is 13.8. The minimum atomic E-state index is -0.318. The molecule has 1 aliphatic rings. The quantitative estimate of drug-likeness (QED) is 0.558. The second-order valence-corrected chi connectivity index (χ2v) is 8.41. The Morgan fingerprint density at radius 3 is 2.72 bits per heavy atom. The number of oxime groups is 1. The van der Waals surface area contributed by atoms with Crippen molar-refractivity contribution < 1.29 is 14.0 Å². The number of hydrogen-bond acceptors (Lipinski definition) is 3. The normalized spacial score (nSPS) is 15.9. The Morgan fingerprint density at radius 1 is 1.24 bits per heavy atom. The van der Waals surface area contributed by atoms with Gasteiger partial charge in [-0.3, -0.25) is 4.79 Å². The first kappa shape index (κ1) is 21.6. The first-order valence-electron chi connectivity index (χ1n) is 9.52. The molecule has 2 aromatic carbocycles. The van der Waals surface area contributed by atoms with Crippen LogP contribution in [0, 0.1) is 11.7 Å². The highest BCUT2D eigenvalue weighted by Crippen LogP contribution is 2.26. The summed E-state index contributed by atoms with van der Waals surface area (Å²) in [7, 11) is 0. The predicted octanol–water partition coefficient (Wildman–Crippen LogP) is 5.70. The Hall–Kier alpha value is -2.11. The van der Waals surface area contributed by atoms with E-state index in [0.29, 0.717) is 36.0 Å². The Labute approximate surface area is 180 Å². The van der Waals surface area contributed by atoms with Gasteiger partial charge >= 0.3 is 0 Å². The number of carbonyl (C=O) groups excluding carboxylic acids is 1. The topological polar surface area (TPSA) is 41.9 Å². The van der Waals surface area contributed by atoms with Crippen molar-refractivity contribution in [3.05, 3.63) is 69.5 Å². The van der Waals surface area contributed by atoms with Crippen molar-refractivity contribution >= 4 is 34.8 Å². The number of carbonyl (C=O) groups is 1. The van der Waals surface area contributed by atoms with Crippen LogP contribution in [0.15, 0.2) is 47.6 Å². The molecule has 1 atom stereocenters. The minimum Gasteiger partial charge on any atom is -0.390 e. The molecular weight excluding hydrogens is 414 g/mol. The molecule has 0 unspecified atom stereocenters. The molecule has 0 aliphatic carbocycles. The van der Waals surface area contributed by atoms with Crippen molar-refractivity contribution in [2.45, 2.75) is 39.3 Å². The lowest BCUT2D eigenvalue weighted by Gasteiger charge is -2.26. The standard InChI is InChI=1S/C22H23Cl2FN2O2/c1-14(2)8-22(28)27(12-15-4-3-5-17(25)9-15)13-18-11-21(26-29-18)16-6-7-19(23)20(24)10-16/h3-7,9-10,14,18H,8,11-13H2,1-2H3/t18-/m0/s1. The van der Waals surface area contributed by atoms with E-state index in [1.165, 1.54) is 12.1 Å². The van der Waals surface area contributed by atoms with Crippen molar-refractivity contribution in [2.24, 2.45) is 11.1 Å². The van der Waals surface area contributed by atoms with Crippen LogP contribution in [-0.2, 0) is 16.2 Å². The van der Waals surface area contributed by atoms with Crippen molar-refractivity contribution in [3.8, 4) is 0 Å². The fourth-order valence-electron chi connectivity index (χ4n) is 3.21. The van der Waals surface area contributed by atoms with E-state index >= 15 is 0 Å². The zero-order chi connectivity index (χ0) is 21.0. The lowest BCUT2D eigenvalue weighted by atomic mass is 10.0. The van der Waals surface area contributed by atoms with Crippen molar-refractivity contribution in [1.29, 1.82) is 0 Å². The number of halogens is 3. The number of hydrogen-bond donors (Lipinski definition) is 0. The molecular formula is C22H23Cl2FN2O2. The van der Waals surface area contributed by atoms with E-state index in [1.807, 2.05) is 26.0 Å². The lowest BCUT2D eigenvalue weighted by molar-refractivity contribution is -0.134. The van der Waals surface area contributed by atoms with Crippen molar-refractivity contribution in [1.82, 2.24) is 4.90 Å². The molecule has 154 valence electrons. The minimum absolute atomic E-state index is 0.0100. The van der Waals surface area contributed by atoms with Gasteiger partial charge < -0.3 is 9.74 Å². The third kappa shape index (κ3) is 5.94. The molecule has 0 bridgehead atoms. The van der Waals surface area contributed by atoms with Gasteiger partial charge in [0.05, 0.1) is 22.3 Å². The van der Waals surface area contributed by atoms with Gasteiger partial charge in [-0.25, -0.2) is 4.39 Å². The van der Waals surface area contributed by atoms with Crippen LogP contribution in [-0.4, -0.2) is 29.2 Å². The van der Waals surface area contributed by atoms with E-state index in [1.54, 1.807) is 23.1 Å². The van der Waals surface area contributed by atoms with Crippen molar-refractivity contribution in [2.75, 3.05) is 6.54 Å². The van der Waals surface area contributed by atoms with Gasteiger partial charge in [0.1, 0.15) is 5.82 Å². The zero-order valence-electron chi connectivity index (χ0n) is 16.4. The lowest BCUT2D eigenvalue weighted by Crippen LogP contribution is -2.37. The summed E-state index contributed by atoms with van der Waals surface area (Å²) in [6, 6.07) is 11.6. The molecule has 29 heavy (non-hydrogen) atoms. The van der Waals surface area contributed by atoms with Gasteiger partial charge in [0.15, 0.2) is 6.10 Å². The summed E-state index contributed by atoms with van der Waals surface area (Å²) in [6.45, 7) is 4.69. The maximum Gasteiger partial charge on any atom is 0.223 e. The van der Waals surface area contributed by atoms with Crippen LogP contribution >= 0.6 is 23.2 Å². The summed E-state index contributed by atoms with van der Waals surface area (Å²) in [5.74, 6) is -0.0815. The molecule has 0 N–H and O–H groups in total. The highest BCUT2D eigenvalue weighted by molar-refractivity contribution is 6.42. The van der Waals surface area contributed by atoms with Crippen LogP contribution in [0.3, 0.4) is 0 Å². The molecule has 0 radical (unpaired) electrons. The Balaban J connectivity index is 1.69. The second kappa shape index (κ2) is 9.59. The molecule has 3 rings (SSSR count). The summed E-state index contributed by atoms with van der Waals surface area (Å²) in [5, 5.41) is 5.10. The molecule has 0 saturated heterocycles. The van der Waals surface area contributed by atoms with Crippen LogP contribution in [0.25, 0.3) is 0 Å². The summed E-state index contributed by atoms with van der Waals surface area (Å²) in [5.41, 5.74) is 2.34. The third-order valence-electron chi connectivity index (χ3n) is 4.61. The molecule has 1 aliphatic heterocycles. The predicted molar refractivity (Wildman–Crippen MR) is 114 cm³/mol. The summed E-state index contributed by atoms with van der Waals surface area (Å²) in [4.78, 5) is 20.1.